The number of amides is 2. The molecule has 0 saturated carbocycles. The lowest BCUT2D eigenvalue weighted by Crippen LogP contribution is -2.36. The molecule has 0 aliphatic heterocycles. The third-order valence-corrected chi connectivity index (χ3v) is 4.08. The van der Waals surface area contributed by atoms with Crippen LogP contribution >= 0.6 is 11.3 Å². The molecular weight excluding hydrogens is 314 g/mol. The van der Waals surface area contributed by atoms with Crippen LogP contribution in [0.15, 0.2) is 35.7 Å². The standard InChI is InChI=1S/C16H19N3O3S/c20-15(21)8-9-17-16(22)18-10-13-11-23-14(19-13)7-6-12-4-2-1-3-5-12/h1-5,11H,6-10H2,(H,20,21)(H2,17,18,22). The van der Waals surface area contributed by atoms with Crippen molar-refractivity contribution in [1.29, 1.82) is 0 Å². The number of aryl methyl sites for hydroxylation is 2. The number of urea groups is 1. The summed E-state index contributed by atoms with van der Waals surface area (Å²) in [5.41, 5.74) is 2.09. The van der Waals surface area contributed by atoms with E-state index in [9.17, 15) is 9.59 Å². The number of carboxylic acids is 1. The Labute approximate surface area is 138 Å². The fourth-order valence-corrected chi connectivity index (χ4v) is 2.76. The molecule has 1 heterocycles. The monoisotopic (exact) mass is 333 g/mol. The molecule has 1 aromatic carbocycles. The zero-order chi connectivity index (χ0) is 16.5. The van der Waals surface area contributed by atoms with Gasteiger partial charge in [-0.05, 0) is 12.0 Å². The summed E-state index contributed by atoms with van der Waals surface area (Å²) in [5.74, 6) is -0.937. The number of nitrogens with zero attached hydrogens (tertiary/aromatic N) is 1. The van der Waals surface area contributed by atoms with E-state index in [1.165, 1.54) is 5.56 Å². The molecule has 0 atom stereocenters. The Morgan fingerprint density at radius 1 is 1.13 bits per heavy atom. The number of nitrogens with one attached hydrogen (secondary N) is 2. The van der Waals surface area contributed by atoms with Crippen molar-refractivity contribution in [3.63, 3.8) is 0 Å². The summed E-state index contributed by atoms with van der Waals surface area (Å²) in [6, 6.07) is 9.85. The summed E-state index contributed by atoms with van der Waals surface area (Å²) in [6.07, 6.45) is 1.73. The Kier molecular flexibility index (Phi) is 6.56. The van der Waals surface area contributed by atoms with Crippen LogP contribution in [0.3, 0.4) is 0 Å². The number of thiazole rings is 1. The second-order valence-corrected chi connectivity index (χ2v) is 5.91. The van der Waals surface area contributed by atoms with Crippen molar-refractivity contribution in [3.05, 3.63) is 52.0 Å². The number of rotatable bonds is 8. The lowest BCUT2D eigenvalue weighted by Gasteiger charge is -2.04. The highest BCUT2D eigenvalue weighted by molar-refractivity contribution is 7.09. The molecule has 0 radical (unpaired) electrons. The normalized spacial score (nSPS) is 10.3. The van der Waals surface area contributed by atoms with Crippen LogP contribution in [-0.4, -0.2) is 28.6 Å². The molecule has 6 nitrogen and oxygen atoms in total. The topological polar surface area (TPSA) is 91.3 Å². The zero-order valence-electron chi connectivity index (χ0n) is 12.6. The van der Waals surface area contributed by atoms with Crippen molar-refractivity contribution in [2.24, 2.45) is 0 Å². The van der Waals surface area contributed by atoms with Crippen molar-refractivity contribution in [2.45, 2.75) is 25.8 Å². The van der Waals surface area contributed by atoms with Crippen molar-refractivity contribution in [2.75, 3.05) is 6.54 Å². The van der Waals surface area contributed by atoms with Gasteiger partial charge in [-0.1, -0.05) is 30.3 Å². The Morgan fingerprint density at radius 2 is 1.91 bits per heavy atom. The SMILES string of the molecule is O=C(O)CCNC(=O)NCc1csc(CCc2ccccc2)n1. The van der Waals surface area contributed by atoms with E-state index >= 15 is 0 Å². The van der Waals surface area contributed by atoms with Crippen LogP contribution in [0.1, 0.15) is 22.7 Å². The van der Waals surface area contributed by atoms with Crippen LogP contribution in [0.25, 0.3) is 0 Å². The third kappa shape index (κ3) is 6.48. The Balaban J connectivity index is 1.70. The minimum Gasteiger partial charge on any atom is -0.481 e. The molecule has 0 spiro atoms. The van der Waals surface area contributed by atoms with E-state index < -0.39 is 5.97 Å². The quantitative estimate of drug-likeness (QED) is 0.691. The maximum absolute atomic E-state index is 11.5. The Hall–Kier alpha value is -2.41. The number of benzene rings is 1. The molecule has 2 rings (SSSR count). The number of hydrogen-bond donors (Lipinski definition) is 3. The molecule has 0 aliphatic rings. The molecule has 0 saturated heterocycles. The zero-order valence-corrected chi connectivity index (χ0v) is 13.4. The number of carbonyl (C=O) groups is 2. The van der Waals surface area contributed by atoms with Gasteiger partial charge in [0.2, 0.25) is 0 Å². The molecule has 122 valence electrons. The predicted molar refractivity (Wildman–Crippen MR) is 88.5 cm³/mol. The molecule has 0 fully saturated rings. The molecule has 0 bridgehead atoms. The Morgan fingerprint density at radius 3 is 2.65 bits per heavy atom. The van der Waals surface area contributed by atoms with E-state index in [1.54, 1.807) is 11.3 Å². The van der Waals surface area contributed by atoms with E-state index in [-0.39, 0.29) is 19.0 Å². The summed E-state index contributed by atoms with van der Waals surface area (Å²) < 4.78 is 0. The molecule has 2 amide bonds. The minimum atomic E-state index is -0.937. The first kappa shape index (κ1) is 17.0. The van der Waals surface area contributed by atoms with Crippen molar-refractivity contribution < 1.29 is 14.7 Å². The molecule has 2 aromatic rings. The van der Waals surface area contributed by atoms with Crippen LogP contribution in [0.2, 0.25) is 0 Å². The van der Waals surface area contributed by atoms with Crippen molar-refractivity contribution in [3.8, 4) is 0 Å². The van der Waals surface area contributed by atoms with Crippen LogP contribution < -0.4 is 10.6 Å². The van der Waals surface area contributed by atoms with E-state index in [4.69, 9.17) is 5.11 Å². The van der Waals surface area contributed by atoms with Gasteiger partial charge in [0.15, 0.2) is 0 Å². The average Bonchev–Trinajstić information content (AvgIpc) is 2.99. The molecule has 3 N–H and O–H groups in total. The van der Waals surface area contributed by atoms with Gasteiger partial charge in [0.1, 0.15) is 0 Å². The molecule has 23 heavy (non-hydrogen) atoms. The van der Waals surface area contributed by atoms with Gasteiger partial charge in [0.25, 0.3) is 0 Å². The highest BCUT2D eigenvalue weighted by atomic mass is 32.1. The van der Waals surface area contributed by atoms with Gasteiger partial charge < -0.3 is 15.7 Å². The first-order chi connectivity index (χ1) is 11.1. The second-order valence-electron chi connectivity index (χ2n) is 4.97. The molecule has 0 unspecified atom stereocenters. The van der Waals surface area contributed by atoms with Crippen LogP contribution in [-0.2, 0) is 24.2 Å². The fourth-order valence-electron chi connectivity index (χ4n) is 1.96. The summed E-state index contributed by atoms with van der Waals surface area (Å²) in [4.78, 5) is 26.3. The number of carbonyl (C=O) groups excluding carboxylic acids is 1. The highest BCUT2D eigenvalue weighted by Crippen LogP contribution is 2.13. The van der Waals surface area contributed by atoms with Gasteiger partial charge in [0.05, 0.1) is 23.7 Å². The van der Waals surface area contributed by atoms with Gasteiger partial charge >= 0.3 is 12.0 Å². The van der Waals surface area contributed by atoms with Crippen LogP contribution in [0.4, 0.5) is 4.79 Å². The van der Waals surface area contributed by atoms with Gasteiger partial charge in [-0.2, -0.15) is 0 Å². The largest absolute Gasteiger partial charge is 0.481 e. The van der Waals surface area contributed by atoms with Crippen LogP contribution in [0.5, 0.6) is 0 Å². The lowest BCUT2D eigenvalue weighted by molar-refractivity contribution is -0.136. The second kappa shape index (κ2) is 8.89. The maximum Gasteiger partial charge on any atom is 0.315 e. The Bertz CT molecular complexity index is 643. The van der Waals surface area contributed by atoms with Gasteiger partial charge in [-0.25, -0.2) is 9.78 Å². The predicted octanol–water partition coefficient (Wildman–Crippen LogP) is 2.20. The minimum absolute atomic E-state index is 0.0895. The summed E-state index contributed by atoms with van der Waals surface area (Å²) in [6.45, 7) is 0.446. The molecular formula is C16H19N3O3S. The number of carboxylic acid groups (broad SMARTS) is 1. The van der Waals surface area contributed by atoms with Gasteiger partial charge in [-0.15, -0.1) is 11.3 Å². The first-order valence-electron chi connectivity index (χ1n) is 7.34. The number of aromatic nitrogens is 1. The summed E-state index contributed by atoms with van der Waals surface area (Å²) >= 11 is 1.58. The highest BCUT2D eigenvalue weighted by Gasteiger charge is 2.05. The molecule has 7 heteroatoms. The average molecular weight is 333 g/mol. The first-order valence-corrected chi connectivity index (χ1v) is 8.22. The fraction of sp³-hybridized carbons (Fsp3) is 0.312. The van der Waals surface area contributed by atoms with Crippen molar-refractivity contribution >= 4 is 23.3 Å². The third-order valence-electron chi connectivity index (χ3n) is 3.12. The number of hydrogen-bond acceptors (Lipinski definition) is 4. The maximum atomic E-state index is 11.5. The lowest BCUT2D eigenvalue weighted by atomic mass is 10.1. The number of aliphatic carboxylic acids is 1. The molecule has 1 aromatic heterocycles. The van der Waals surface area contributed by atoms with Gasteiger partial charge in [-0.3, -0.25) is 4.79 Å². The van der Waals surface area contributed by atoms with Crippen LogP contribution in [0, 0.1) is 0 Å². The summed E-state index contributed by atoms with van der Waals surface area (Å²) in [7, 11) is 0. The smallest absolute Gasteiger partial charge is 0.315 e. The van der Waals surface area contributed by atoms with E-state index in [1.807, 2.05) is 23.6 Å². The van der Waals surface area contributed by atoms with E-state index in [2.05, 4.69) is 27.8 Å². The molecule has 0 aliphatic carbocycles. The van der Waals surface area contributed by atoms with E-state index in [0.29, 0.717) is 6.54 Å². The summed E-state index contributed by atoms with van der Waals surface area (Å²) in [5, 5.41) is 16.6. The van der Waals surface area contributed by atoms with Gasteiger partial charge in [0, 0.05) is 18.3 Å². The van der Waals surface area contributed by atoms with Crippen molar-refractivity contribution in [1.82, 2.24) is 15.6 Å². The van der Waals surface area contributed by atoms with E-state index in [0.717, 1.165) is 23.5 Å².